The van der Waals surface area contributed by atoms with E-state index in [4.69, 9.17) is 23.8 Å². The fourth-order valence-corrected chi connectivity index (χ4v) is 3.54. The van der Waals surface area contributed by atoms with Crippen molar-refractivity contribution < 1.29 is 9.59 Å². The van der Waals surface area contributed by atoms with Crippen molar-refractivity contribution in [3.8, 4) is 0 Å². The molecule has 2 aromatic rings. The maximum atomic E-state index is 12.9. The molecule has 0 N–H and O–H groups in total. The predicted molar refractivity (Wildman–Crippen MR) is 101 cm³/mol. The van der Waals surface area contributed by atoms with E-state index in [2.05, 4.69) is 0 Å². The summed E-state index contributed by atoms with van der Waals surface area (Å²) in [5.74, 6) is -0.799. The molecule has 7 heteroatoms. The third kappa shape index (κ3) is 3.00. The first-order chi connectivity index (χ1) is 11.5. The smallest absolute Gasteiger partial charge is 0.270 e. The maximum Gasteiger partial charge on any atom is 0.270 e. The lowest BCUT2D eigenvalue weighted by atomic mass is 10.1. The number of thiocarbonyl (C=S) groups is 1. The van der Waals surface area contributed by atoms with E-state index in [0.29, 0.717) is 17.3 Å². The molecular formula is C17H13ClN2O2S2. The van der Waals surface area contributed by atoms with Gasteiger partial charge in [-0.05, 0) is 71.9 Å². The quantitative estimate of drug-likeness (QED) is 0.462. The Balaban J connectivity index is 2.08. The normalized spacial score (nSPS) is 17.1. The van der Waals surface area contributed by atoms with Crippen LogP contribution in [0.1, 0.15) is 12.5 Å². The summed E-state index contributed by atoms with van der Waals surface area (Å²) in [5, 5.41) is 4.51. The van der Waals surface area contributed by atoms with Gasteiger partial charge in [-0.1, -0.05) is 11.6 Å². The van der Waals surface area contributed by atoms with Crippen LogP contribution in [0.4, 0.5) is 5.69 Å². The van der Waals surface area contributed by atoms with Crippen LogP contribution in [0, 0.1) is 0 Å². The Morgan fingerprint density at radius 1 is 1.17 bits per heavy atom. The largest absolute Gasteiger partial charge is 0.285 e. The topological polar surface area (TPSA) is 40.6 Å². The van der Waals surface area contributed by atoms with Crippen LogP contribution in [0.25, 0.3) is 6.08 Å². The van der Waals surface area contributed by atoms with E-state index in [9.17, 15) is 9.59 Å². The van der Waals surface area contributed by atoms with Gasteiger partial charge >= 0.3 is 0 Å². The second-order valence-electron chi connectivity index (χ2n) is 5.06. The van der Waals surface area contributed by atoms with Crippen LogP contribution in [0.2, 0.25) is 5.02 Å². The number of anilines is 1. The Bertz CT molecular complexity index is 829. The molecule has 1 aromatic carbocycles. The maximum absolute atomic E-state index is 12.9. The minimum Gasteiger partial charge on any atom is -0.285 e. The highest BCUT2D eigenvalue weighted by molar-refractivity contribution is 7.80. The summed E-state index contributed by atoms with van der Waals surface area (Å²) >= 11 is 12.8. The van der Waals surface area contributed by atoms with Gasteiger partial charge in [-0.25, -0.2) is 0 Å². The molecule has 0 spiro atoms. The molecule has 0 saturated carbocycles. The summed E-state index contributed by atoms with van der Waals surface area (Å²) in [4.78, 5) is 28.3. The van der Waals surface area contributed by atoms with Crippen molar-refractivity contribution in [1.82, 2.24) is 4.90 Å². The highest BCUT2D eigenvalue weighted by Gasteiger charge is 2.39. The van der Waals surface area contributed by atoms with Crippen molar-refractivity contribution in [3.05, 3.63) is 57.3 Å². The molecule has 0 bridgehead atoms. The highest BCUT2D eigenvalue weighted by Crippen LogP contribution is 2.27. The summed E-state index contributed by atoms with van der Waals surface area (Å²) in [6.07, 6.45) is 1.61. The molecule has 1 fully saturated rings. The number of benzene rings is 1. The first kappa shape index (κ1) is 16.8. The monoisotopic (exact) mass is 376 g/mol. The van der Waals surface area contributed by atoms with Gasteiger partial charge in [-0.3, -0.25) is 19.4 Å². The van der Waals surface area contributed by atoms with Crippen molar-refractivity contribution in [2.24, 2.45) is 0 Å². The van der Waals surface area contributed by atoms with Crippen LogP contribution < -0.4 is 4.90 Å². The Hall–Kier alpha value is -2.02. The second-order valence-corrected chi connectivity index (χ2v) is 6.65. The minimum absolute atomic E-state index is 0.0961. The molecule has 1 aliphatic rings. The van der Waals surface area contributed by atoms with Crippen molar-refractivity contribution >= 4 is 63.8 Å². The molecule has 2 heterocycles. The third-order valence-electron chi connectivity index (χ3n) is 3.59. The first-order valence-corrected chi connectivity index (χ1v) is 8.95. The van der Waals surface area contributed by atoms with Crippen LogP contribution in [-0.4, -0.2) is 28.4 Å². The number of nitrogens with zero attached hydrogens (tertiary/aromatic N) is 2. The number of carbonyl (C=O) groups is 2. The standard InChI is InChI=1S/C17H13ClN2O2S2/c1-2-19-15(21)14(9-11-7-8-24-10-11)16(22)20(17(19)23)13-5-3-12(18)4-6-13/h3-10H,2H2,1H3/b14-9+. The summed E-state index contributed by atoms with van der Waals surface area (Å²) in [6, 6.07) is 8.63. The fourth-order valence-electron chi connectivity index (χ4n) is 2.40. The molecule has 3 rings (SSSR count). The average Bonchev–Trinajstić information content (AvgIpc) is 3.07. The summed E-state index contributed by atoms with van der Waals surface area (Å²) in [5.41, 5.74) is 1.49. The average molecular weight is 377 g/mol. The highest BCUT2D eigenvalue weighted by atomic mass is 35.5. The predicted octanol–water partition coefficient (Wildman–Crippen LogP) is 3.97. The molecule has 0 unspecified atom stereocenters. The van der Waals surface area contributed by atoms with E-state index in [0.717, 1.165) is 5.56 Å². The molecule has 1 saturated heterocycles. The molecule has 0 radical (unpaired) electrons. The van der Waals surface area contributed by atoms with Crippen molar-refractivity contribution in [3.63, 3.8) is 0 Å². The van der Waals surface area contributed by atoms with E-state index in [1.54, 1.807) is 30.3 Å². The van der Waals surface area contributed by atoms with E-state index in [1.165, 1.54) is 21.1 Å². The van der Waals surface area contributed by atoms with Crippen molar-refractivity contribution in [2.45, 2.75) is 6.92 Å². The second kappa shape index (κ2) is 6.84. The van der Waals surface area contributed by atoms with Crippen LogP contribution in [-0.2, 0) is 9.59 Å². The number of hydrogen-bond donors (Lipinski definition) is 0. The molecule has 0 aliphatic carbocycles. The van der Waals surface area contributed by atoms with Crippen molar-refractivity contribution in [1.29, 1.82) is 0 Å². The number of hydrogen-bond acceptors (Lipinski definition) is 4. The zero-order valence-electron chi connectivity index (χ0n) is 12.7. The number of thiophene rings is 1. The van der Waals surface area contributed by atoms with Gasteiger partial charge in [0.2, 0.25) is 0 Å². The van der Waals surface area contributed by atoms with Crippen LogP contribution in [0.15, 0.2) is 46.7 Å². The lowest BCUT2D eigenvalue weighted by Gasteiger charge is -2.36. The molecule has 122 valence electrons. The summed E-state index contributed by atoms with van der Waals surface area (Å²) in [6.45, 7) is 2.21. The number of carbonyl (C=O) groups excluding carboxylic acids is 2. The van der Waals surface area contributed by atoms with E-state index in [1.807, 2.05) is 23.8 Å². The lowest BCUT2D eigenvalue weighted by Crippen LogP contribution is -2.56. The molecule has 24 heavy (non-hydrogen) atoms. The molecule has 1 aliphatic heterocycles. The van der Waals surface area contributed by atoms with Gasteiger partial charge < -0.3 is 0 Å². The van der Waals surface area contributed by atoms with E-state index < -0.39 is 5.91 Å². The molecule has 1 aromatic heterocycles. The lowest BCUT2D eigenvalue weighted by molar-refractivity contribution is -0.127. The fraction of sp³-hybridized carbons (Fsp3) is 0.118. The van der Waals surface area contributed by atoms with Gasteiger partial charge in [0.05, 0.1) is 5.69 Å². The van der Waals surface area contributed by atoms with Crippen molar-refractivity contribution in [2.75, 3.05) is 11.4 Å². The Morgan fingerprint density at radius 3 is 2.46 bits per heavy atom. The van der Waals surface area contributed by atoms with Gasteiger partial charge in [0, 0.05) is 11.6 Å². The Kier molecular flexibility index (Phi) is 4.80. The molecular weight excluding hydrogens is 364 g/mol. The van der Waals surface area contributed by atoms with Gasteiger partial charge in [0.25, 0.3) is 11.8 Å². The van der Waals surface area contributed by atoms with Crippen LogP contribution in [0.5, 0.6) is 0 Å². The SMILES string of the molecule is CCN1C(=O)/C(=C\c2ccsc2)C(=O)N(c2ccc(Cl)cc2)C1=S. The minimum atomic E-state index is -0.428. The Morgan fingerprint density at radius 2 is 1.88 bits per heavy atom. The molecule has 4 nitrogen and oxygen atoms in total. The van der Waals surface area contributed by atoms with Gasteiger partial charge in [0.15, 0.2) is 5.11 Å². The van der Waals surface area contributed by atoms with E-state index >= 15 is 0 Å². The van der Waals surface area contributed by atoms with Gasteiger partial charge in [-0.15, -0.1) is 0 Å². The molecule has 2 amide bonds. The van der Waals surface area contributed by atoms with Crippen LogP contribution in [0.3, 0.4) is 0 Å². The van der Waals surface area contributed by atoms with Gasteiger partial charge in [0.1, 0.15) is 5.57 Å². The van der Waals surface area contributed by atoms with Gasteiger partial charge in [-0.2, -0.15) is 11.3 Å². The Labute approximate surface area is 153 Å². The number of likely N-dealkylation sites (N-methyl/N-ethyl adjacent to an activating group) is 1. The van der Waals surface area contributed by atoms with Crippen LogP contribution >= 0.6 is 35.2 Å². The zero-order valence-corrected chi connectivity index (χ0v) is 15.1. The molecule has 0 atom stereocenters. The third-order valence-corrected chi connectivity index (χ3v) is 4.94. The number of rotatable bonds is 3. The number of amides is 2. The summed E-state index contributed by atoms with van der Waals surface area (Å²) in [7, 11) is 0. The zero-order chi connectivity index (χ0) is 17.3. The first-order valence-electron chi connectivity index (χ1n) is 7.22. The summed E-state index contributed by atoms with van der Waals surface area (Å²) < 4.78 is 0. The number of halogens is 1. The van der Waals surface area contributed by atoms with E-state index in [-0.39, 0.29) is 16.6 Å².